The fraction of sp³-hybridized carbons (Fsp3) is 0.462. The molecule has 2 aromatic rings. The van der Waals surface area contributed by atoms with Gasteiger partial charge in [-0.15, -0.1) is 0 Å². The van der Waals surface area contributed by atoms with Crippen LogP contribution in [0.1, 0.15) is 46.1 Å². The molecule has 0 aliphatic carbocycles. The first kappa shape index (κ1) is 31.5. The molecule has 1 fully saturated rings. The smallest absolute Gasteiger partial charge is 0.400 e. The molecule has 5 rings (SSSR count). The van der Waals surface area contributed by atoms with Crippen LogP contribution in [0.3, 0.4) is 0 Å². The van der Waals surface area contributed by atoms with E-state index in [4.69, 9.17) is 30.2 Å². The van der Waals surface area contributed by atoms with E-state index in [0.717, 1.165) is 44.1 Å². The van der Waals surface area contributed by atoms with Crippen LogP contribution in [0, 0.1) is 3.57 Å². The second kappa shape index (κ2) is 14.0. The molecule has 0 radical (unpaired) electrons. The molecule has 0 aromatic carbocycles. The maximum atomic E-state index is 5.96. The molecule has 206 valence electrons. The summed E-state index contributed by atoms with van der Waals surface area (Å²) in [7, 11) is -0.182. The maximum Gasteiger partial charge on any atom is 0.490 e. The van der Waals surface area contributed by atoms with Gasteiger partial charge in [0.05, 0.1) is 46.6 Å². The summed E-state index contributed by atoms with van der Waals surface area (Å²) in [5.74, 6) is 1.07. The van der Waals surface area contributed by atoms with E-state index < -0.39 is 0 Å². The Labute approximate surface area is 255 Å². The molecule has 1 saturated heterocycles. The lowest BCUT2D eigenvalue weighted by Crippen LogP contribution is -2.41. The van der Waals surface area contributed by atoms with Crippen LogP contribution in [0.5, 0.6) is 0 Å². The number of hydrogen-bond donors (Lipinski definition) is 2. The number of anilines is 2. The highest BCUT2D eigenvalue weighted by molar-refractivity contribution is 14.1. The second-order valence-electron chi connectivity index (χ2n) is 9.86. The number of nitrogens with zero attached hydrogens (tertiary/aromatic N) is 2. The Morgan fingerprint density at radius 1 is 0.842 bits per heavy atom. The Morgan fingerprint density at radius 3 is 1.87 bits per heavy atom. The van der Waals surface area contributed by atoms with E-state index in [9.17, 15) is 0 Å². The summed E-state index contributed by atoms with van der Waals surface area (Å²) in [6, 6.07) is 3.92. The van der Waals surface area contributed by atoms with Crippen molar-refractivity contribution in [3.05, 3.63) is 60.2 Å². The first-order valence-electron chi connectivity index (χ1n) is 12.3. The molecule has 0 saturated carbocycles. The van der Waals surface area contributed by atoms with Gasteiger partial charge in [-0.3, -0.25) is 0 Å². The van der Waals surface area contributed by atoms with E-state index >= 15 is 0 Å². The minimum absolute atomic E-state index is 0.182. The summed E-state index contributed by atoms with van der Waals surface area (Å²) >= 11 is 8.79. The van der Waals surface area contributed by atoms with E-state index in [0.29, 0.717) is 24.8 Å². The van der Waals surface area contributed by atoms with Crippen molar-refractivity contribution in [2.75, 3.05) is 37.9 Å². The van der Waals surface area contributed by atoms with Crippen molar-refractivity contribution in [3.8, 4) is 0 Å². The largest absolute Gasteiger partial charge is 0.490 e. The second-order valence-corrected chi connectivity index (χ2v) is 12.8. The van der Waals surface area contributed by atoms with Crippen LogP contribution in [0.15, 0.2) is 51.1 Å². The van der Waals surface area contributed by atoms with Crippen molar-refractivity contribution in [1.29, 1.82) is 0 Å². The first-order chi connectivity index (χ1) is 17.9. The molecule has 0 spiro atoms. The fourth-order valence-corrected chi connectivity index (χ4v) is 5.16. The molecule has 0 amide bonds. The lowest BCUT2D eigenvalue weighted by molar-refractivity contribution is 0.00578. The van der Waals surface area contributed by atoms with Gasteiger partial charge in [0, 0.05) is 16.0 Å². The lowest BCUT2D eigenvalue weighted by Gasteiger charge is -2.32. The Morgan fingerprint density at radius 2 is 1.39 bits per heavy atom. The standard InChI is InChI=1S/C11H19BO3.C10H11BrN2O.C5H4BrIN2/c1-10(2)11(3,4)15-12(14-10)9-5-7-13-8-6-9;11-9-5-8(6-13-10(9)12)7-1-3-14-4-2-7;6-4-1-3(7)2-9-5(4)8/h5H,6-8H2,1-4H3;1,5-6H,2-4H2,(H2,12,13);1-2H,(H2,8,9). The Balaban J connectivity index is 0.000000163. The van der Waals surface area contributed by atoms with Crippen LogP contribution in [-0.4, -0.2) is 54.7 Å². The van der Waals surface area contributed by atoms with Gasteiger partial charge >= 0.3 is 7.12 Å². The average molecular weight is 764 g/mol. The summed E-state index contributed by atoms with van der Waals surface area (Å²) in [5, 5.41) is 0. The van der Waals surface area contributed by atoms with E-state index in [1.165, 1.54) is 11.0 Å². The maximum absolute atomic E-state index is 5.96. The van der Waals surface area contributed by atoms with Crippen LogP contribution >= 0.6 is 54.5 Å². The van der Waals surface area contributed by atoms with Gasteiger partial charge in [-0.2, -0.15) is 0 Å². The van der Waals surface area contributed by atoms with Crippen molar-refractivity contribution in [3.63, 3.8) is 0 Å². The number of pyridine rings is 2. The zero-order valence-electron chi connectivity index (χ0n) is 22.1. The molecule has 3 aliphatic rings. The predicted octanol–water partition coefficient (Wildman–Crippen LogP) is 6.23. The number of ether oxygens (including phenoxy) is 2. The van der Waals surface area contributed by atoms with Gasteiger partial charge in [0.1, 0.15) is 11.6 Å². The molecule has 4 N–H and O–H groups in total. The number of rotatable bonds is 2. The van der Waals surface area contributed by atoms with Crippen LogP contribution in [0.25, 0.3) is 5.57 Å². The van der Waals surface area contributed by atoms with Gasteiger partial charge in [0.2, 0.25) is 0 Å². The van der Waals surface area contributed by atoms with Crippen LogP contribution in [0.4, 0.5) is 11.6 Å². The van der Waals surface area contributed by atoms with Crippen LogP contribution in [-0.2, 0) is 18.8 Å². The first-order valence-corrected chi connectivity index (χ1v) is 14.9. The van der Waals surface area contributed by atoms with E-state index in [1.807, 2.05) is 12.1 Å². The van der Waals surface area contributed by atoms with Gasteiger partial charge < -0.3 is 30.2 Å². The van der Waals surface area contributed by atoms with Crippen molar-refractivity contribution in [2.45, 2.75) is 51.7 Å². The summed E-state index contributed by atoms with van der Waals surface area (Å²) in [6.07, 6.45) is 9.54. The molecule has 8 nitrogen and oxygen atoms in total. The molecular weight excluding hydrogens is 730 g/mol. The van der Waals surface area contributed by atoms with Crippen molar-refractivity contribution in [2.24, 2.45) is 0 Å². The highest BCUT2D eigenvalue weighted by Gasteiger charge is 2.52. The normalized spacial score (nSPS) is 19.8. The molecule has 0 bridgehead atoms. The van der Waals surface area contributed by atoms with Gasteiger partial charge in [-0.1, -0.05) is 12.2 Å². The Hall–Kier alpha value is -1.03. The van der Waals surface area contributed by atoms with Gasteiger partial charge in [0.25, 0.3) is 0 Å². The highest BCUT2D eigenvalue weighted by atomic mass is 127. The van der Waals surface area contributed by atoms with Crippen molar-refractivity contribution in [1.82, 2.24) is 9.97 Å². The molecule has 12 heteroatoms. The molecule has 3 aliphatic heterocycles. The van der Waals surface area contributed by atoms with Crippen molar-refractivity contribution >= 4 is 78.8 Å². The van der Waals surface area contributed by atoms with Crippen LogP contribution in [0.2, 0.25) is 0 Å². The lowest BCUT2D eigenvalue weighted by atomic mass is 9.75. The monoisotopic (exact) mass is 762 g/mol. The molecule has 2 aromatic heterocycles. The zero-order valence-corrected chi connectivity index (χ0v) is 27.4. The van der Waals surface area contributed by atoms with E-state index in [-0.39, 0.29) is 18.3 Å². The van der Waals surface area contributed by atoms with E-state index in [1.54, 1.807) is 12.4 Å². The third-order valence-electron chi connectivity index (χ3n) is 6.59. The van der Waals surface area contributed by atoms with Gasteiger partial charge in [0.15, 0.2) is 0 Å². The molecule has 5 heterocycles. The summed E-state index contributed by atoms with van der Waals surface area (Å²) in [4.78, 5) is 8.00. The molecular formula is C26H34BBr2IN4O4. The molecule has 38 heavy (non-hydrogen) atoms. The van der Waals surface area contributed by atoms with Crippen LogP contribution < -0.4 is 11.5 Å². The Bertz CT molecular complexity index is 1160. The summed E-state index contributed by atoms with van der Waals surface area (Å²) in [6.45, 7) is 11.2. The number of halogens is 3. The molecule has 0 atom stereocenters. The molecule has 0 unspecified atom stereocenters. The number of nitrogens with two attached hydrogens (primary N) is 2. The summed E-state index contributed by atoms with van der Waals surface area (Å²) < 4.78 is 25.2. The van der Waals surface area contributed by atoms with E-state index in [2.05, 4.69) is 104 Å². The summed E-state index contributed by atoms with van der Waals surface area (Å²) in [5.41, 5.74) is 14.2. The number of nitrogen functional groups attached to an aromatic ring is 2. The highest BCUT2D eigenvalue weighted by Crippen LogP contribution is 2.39. The minimum Gasteiger partial charge on any atom is -0.400 e. The quantitative estimate of drug-likeness (QED) is 0.274. The minimum atomic E-state index is -0.239. The van der Waals surface area contributed by atoms with Crippen molar-refractivity contribution < 1.29 is 18.8 Å². The van der Waals surface area contributed by atoms with Gasteiger partial charge in [-0.05, 0) is 124 Å². The van der Waals surface area contributed by atoms with Gasteiger partial charge in [-0.25, -0.2) is 9.97 Å². The predicted molar refractivity (Wildman–Crippen MR) is 168 cm³/mol. The number of hydrogen-bond acceptors (Lipinski definition) is 8. The fourth-order valence-electron chi connectivity index (χ4n) is 3.59. The Kier molecular flexibility index (Phi) is 11.6. The third kappa shape index (κ3) is 8.74. The zero-order chi connectivity index (χ0) is 27.9. The third-order valence-corrected chi connectivity index (χ3v) is 8.45. The average Bonchev–Trinajstić information content (AvgIpc) is 3.12. The number of aromatic nitrogens is 2. The SMILES string of the molecule is CC1(C)OB(C2=CCOCC2)OC1(C)C.Nc1ncc(C2=CCOCC2)cc1Br.Nc1ncc(I)cc1Br. The topological polar surface area (TPSA) is 115 Å².